The van der Waals surface area contributed by atoms with Gasteiger partial charge in [-0.25, -0.2) is 4.98 Å². The topological polar surface area (TPSA) is 51.0 Å². The van der Waals surface area contributed by atoms with E-state index < -0.39 is 0 Å². The molecule has 1 aliphatic carbocycles. The molecule has 0 unspecified atom stereocenters. The maximum absolute atomic E-state index is 12.1. The van der Waals surface area contributed by atoms with E-state index in [2.05, 4.69) is 30.9 Å². The van der Waals surface area contributed by atoms with Crippen LogP contribution in [0.5, 0.6) is 0 Å². The molecule has 2 aromatic heterocycles. The van der Waals surface area contributed by atoms with Crippen LogP contribution in [0, 0.1) is 6.92 Å². The average Bonchev–Trinajstić information content (AvgIpc) is 2.97. The maximum atomic E-state index is 12.1. The van der Waals surface area contributed by atoms with Crippen molar-refractivity contribution in [3.63, 3.8) is 0 Å². The molecule has 2 heterocycles. The van der Waals surface area contributed by atoms with Gasteiger partial charge >= 0.3 is 0 Å². The molecule has 0 amide bonds. The molecular weight excluding hydrogens is 344 g/mol. The predicted octanol–water partition coefficient (Wildman–Crippen LogP) is 3.74. The van der Waals surface area contributed by atoms with Crippen molar-refractivity contribution in [3.8, 4) is 5.69 Å². The van der Waals surface area contributed by atoms with Gasteiger partial charge in [0.25, 0.3) is 5.56 Å². The van der Waals surface area contributed by atoms with Crippen molar-refractivity contribution in [2.75, 3.05) is 7.05 Å². The molecule has 26 heavy (non-hydrogen) atoms. The van der Waals surface area contributed by atoms with Crippen molar-refractivity contribution in [2.24, 2.45) is 0 Å². The second kappa shape index (κ2) is 6.59. The zero-order valence-corrected chi connectivity index (χ0v) is 16.5. The van der Waals surface area contributed by atoms with E-state index in [1.165, 1.54) is 22.5 Å². The smallest absolute Gasteiger partial charge is 0.271 e. The van der Waals surface area contributed by atoms with Crippen LogP contribution < -0.4 is 5.56 Å². The van der Waals surface area contributed by atoms with Gasteiger partial charge in [0.1, 0.15) is 0 Å². The molecule has 0 bridgehead atoms. The van der Waals surface area contributed by atoms with Crippen LogP contribution in [-0.4, -0.2) is 38.8 Å². The van der Waals surface area contributed by atoms with Gasteiger partial charge in [-0.1, -0.05) is 0 Å². The first-order chi connectivity index (χ1) is 12.4. The Balaban J connectivity index is 1.59. The van der Waals surface area contributed by atoms with Gasteiger partial charge in [0.2, 0.25) is 0 Å². The molecule has 0 N–H and O–H groups in total. The van der Waals surface area contributed by atoms with E-state index in [1.54, 1.807) is 23.5 Å². The molecule has 6 heteroatoms. The summed E-state index contributed by atoms with van der Waals surface area (Å²) in [5.41, 5.74) is 2.52. The molecule has 4 rings (SSSR count). The van der Waals surface area contributed by atoms with Gasteiger partial charge in [0, 0.05) is 24.1 Å². The molecule has 5 nitrogen and oxygen atoms in total. The highest BCUT2D eigenvalue weighted by Crippen LogP contribution is 2.42. The minimum absolute atomic E-state index is 0.113. The van der Waals surface area contributed by atoms with Gasteiger partial charge in [-0.3, -0.25) is 4.79 Å². The minimum Gasteiger partial charge on any atom is -0.301 e. The molecule has 1 saturated carbocycles. The number of aryl methyl sites for hydroxylation is 1. The number of fused-ring (bicyclic) bond motifs is 1. The van der Waals surface area contributed by atoms with Gasteiger partial charge in [0.15, 0.2) is 0 Å². The Kier molecular flexibility index (Phi) is 4.40. The Hall–Kier alpha value is -2.05. The quantitative estimate of drug-likeness (QED) is 0.704. The summed E-state index contributed by atoms with van der Waals surface area (Å²) in [6, 6.07) is 10.5. The van der Waals surface area contributed by atoms with Crippen LogP contribution in [0.4, 0.5) is 0 Å². The zero-order chi connectivity index (χ0) is 18.4. The van der Waals surface area contributed by atoms with Crippen LogP contribution in [0.2, 0.25) is 0 Å². The lowest BCUT2D eigenvalue weighted by Crippen LogP contribution is -2.44. The second-order valence-corrected chi connectivity index (χ2v) is 8.57. The largest absolute Gasteiger partial charge is 0.301 e. The van der Waals surface area contributed by atoms with Crippen LogP contribution in [0.1, 0.15) is 43.3 Å². The number of nitrogens with zero attached hydrogens (tertiary/aromatic N) is 4. The first-order valence-corrected chi connectivity index (χ1v) is 9.94. The van der Waals surface area contributed by atoms with Gasteiger partial charge < -0.3 is 4.90 Å². The van der Waals surface area contributed by atoms with E-state index in [-0.39, 0.29) is 5.56 Å². The molecular formula is C20H24N4OS. The lowest BCUT2D eigenvalue weighted by molar-refractivity contribution is 0.108. The van der Waals surface area contributed by atoms with Gasteiger partial charge in [-0.2, -0.15) is 9.78 Å². The maximum Gasteiger partial charge on any atom is 0.271 e. The van der Waals surface area contributed by atoms with Crippen molar-refractivity contribution < 1.29 is 0 Å². The normalized spacial score (nSPS) is 20.1. The van der Waals surface area contributed by atoms with Crippen LogP contribution in [0.25, 0.3) is 15.9 Å². The third kappa shape index (κ3) is 3.08. The molecule has 0 spiro atoms. The van der Waals surface area contributed by atoms with E-state index in [0.717, 1.165) is 21.6 Å². The summed E-state index contributed by atoms with van der Waals surface area (Å²) in [7, 11) is 2.21. The van der Waals surface area contributed by atoms with Gasteiger partial charge in [0.05, 0.1) is 26.6 Å². The summed E-state index contributed by atoms with van der Waals surface area (Å²) in [6.45, 7) is 6.38. The number of thiazole rings is 1. The highest BCUT2D eigenvalue weighted by atomic mass is 32.1. The predicted molar refractivity (Wildman–Crippen MR) is 106 cm³/mol. The summed E-state index contributed by atoms with van der Waals surface area (Å²) in [5, 5.41) is 5.57. The Bertz CT molecular complexity index is 1000. The second-order valence-electron chi connectivity index (χ2n) is 7.51. The van der Waals surface area contributed by atoms with Crippen molar-refractivity contribution in [1.29, 1.82) is 0 Å². The molecule has 0 aliphatic heterocycles. The summed E-state index contributed by atoms with van der Waals surface area (Å²) >= 11 is 1.75. The average molecular weight is 369 g/mol. The van der Waals surface area contributed by atoms with E-state index in [1.807, 2.05) is 25.1 Å². The van der Waals surface area contributed by atoms with Crippen molar-refractivity contribution in [2.45, 2.75) is 51.6 Å². The highest BCUT2D eigenvalue weighted by molar-refractivity contribution is 7.18. The van der Waals surface area contributed by atoms with Crippen LogP contribution >= 0.6 is 11.3 Å². The Morgan fingerprint density at radius 2 is 2.00 bits per heavy atom. The number of hydrogen-bond donors (Lipinski definition) is 0. The Labute approximate surface area is 157 Å². The minimum atomic E-state index is -0.113. The molecule has 1 fully saturated rings. The fourth-order valence-corrected chi connectivity index (χ4v) is 4.60. The lowest BCUT2D eigenvalue weighted by Gasteiger charge is -2.42. The molecule has 3 aromatic rings. The summed E-state index contributed by atoms with van der Waals surface area (Å²) < 4.78 is 2.58. The Morgan fingerprint density at radius 3 is 2.73 bits per heavy atom. The molecule has 0 radical (unpaired) electrons. The van der Waals surface area contributed by atoms with Gasteiger partial charge in [-0.05, 0) is 64.9 Å². The summed E-state index contributed by atoms with van der Waals surface area (Å²) in [6.07, 6.45) is 2.36. The van der Waals surface area contributed by atoms with Gasteiger partial charge in [-0.15, -0.1) is 11.3 Å². The molecule has 1 aliphatic rings. The van der Waals surface area contributed by atoms with Crippen molar-refractivity contribution >= 4 is 21.6 Å². The van der Waals surface area contributed by atoms with E-state index in [4.69, 9.17) is 4.98 Å². The third-order valence-electron chi connectivity index (χ3n) is 5.42. The molecule has 0 atom stereocenters. The fraction of sp³-hybridized carbons (Fsp3) is 0.450. The molecule has 136 valence electrons. The van der Waals surface area contributed by atoms with Crippen LogP contribution in [0.3, 0.4) is 0 Å². The number of hydrogen-bond acceptors (Lipinski definition) is 5. The van der Waals surface area contributed by atoms with E-state index in [9.17, 15) is 4.79 Å². The monoisotopic (exact) mass is 368 g/mol. The standard InChI is InChI=1S/C20H24N4OS/c1-12(2)23(4)16-9-14(10-16)20-21-17-7-6-15(11-18(17)26-20)24-19(25)8-5-13(3)22-24/h5-8,11-12,14,16H,9-10H2,1-4H3/t14-,16-. The van der Waals surface area contributed by atoms with Crippen molar-refractivity contribution in [3.05, 3.63) is 51.4 Å². The first kappa shape index (κ1) is 17.4. The van der Waals surface area contributed by atoms with Crippen LogP contribution in [0.15, 0.2) is 35.1 Å². The number of aromatic nitrogens is 3. The lowest BCUT2D eigenvalue weighted by atomic mass is 9.79. The van der Waals surface area contributed by atoms with E-state index >= 15 is 0 Å². The third-order valence-corrected chi connectivity index (χ3v) is 6.60. The molecule has 1 aromatic carbocycles. The SMILES string of the molecule is Cc1ccc(=O)n(-c2ccc3nc([C@H]4C[C@H](N(C)C(C)C)C4)sc3c2)n1. The number of benzene rings is 1. The van der Waals surface area contributed by atoms with Crippen LogP contribution in [-0.2, 0) is 0 Å². The number of rotatable bonds is 4. The summed E-state index contributed by atoms with van der Waals surface area (Å²) in [4.78, 5) is 19.4. The van der Waals surface area contributed by atoms with Crippen molar-refractivity contribution in [1.82, 2.24) is 19.7 Å². The Morgan fingerprint density at radius 1 is 1.23 bits per heavy atom. The first-order valence-electron chi connectivity index (χ1n) is 9.12. The molecule has 0 saturated heterocycles. The fourth-order valence-electron chi connectivity index (χ4n) is 3.47. The van der Waals surface area contributed by atoms with E-state index in [0.29, 0.717) is 18.0 Å². The zero-order valence-electron chi connectivity index (χ0n) is 15.6. The highest BCUT2D eigenvalue weighted by Gasteiger charge is 2.35. The summed E-state index contributed by atoms with van der Waals surface area (Å²) in [5.74, 6) is 0.557.